The summed E-state index contributed by atoms with van der Waals surface area (Å²) in [7, 11) is 0. The number of rotatable bonds is 6. The van der Waals surface area contributed by atoms with Gasteiger partial charge in [0.1, 0.15) is 18.3 Å². The van der Waals surface area contributed by atoms with E-state index in [9.17, 15) is 9.90 Å². The minimum absolute atomic E-state index is 0.214. The molecule has 0 spiro atoms. The number of amides is 1. The Bertz CT molecular complexity index is 601. The Hall–Kier alpha value is -1.73. The Balaban J connectivity index is 1.59. The van der Waals surface area contributed by atoms with Gasteiger partial charge in [0.25, 0.3) is 0 Å². The number of aliphatic hydroxyl groups is 1. The van der Waals surface area contributed by atoms with Crippen LogP contribution in [-0.4, -0.2) is 47.8 Å². The van der Waals surface area contributed by atoms with Gasteiger partial charge in [0.05, 0.1) is 19.3 Å². The van der Waals surface area contributed by atoms with Crippen LogP contribution in [0.3, 0.4) is 0 Å². The minimum Gasteiger partial charge on any atom is -0.388 e. The number of hydrogen-bond acceptors (Lipinski definition) is 5. The van der Waals surface area contributed by atoms with E-state index < -0.39 is 30.1 Å². The molecule has 2 aliphatic rings. The summed E-state index contributed by atoms with van der Waals surface area (Å²) < 4.78 is 17.4. The molecule has 1 aromatic rings. The fourth-order valence-electron chi connectivity index (χ4n) is 3.00. The van der Waals surface area contributed by atoms with Crippen molar-refractivity contribution in [2.45, 2.75) is 50.6 Å². The number of carbonyl (C=O) groups excluding carboxylic acids is 1. The molecule has 0 bridgehead atoms. The summed E-state index contributed by atoms with van der Waals surface area (Å²) in [5, 5.41) is 13.2. The maximum atomic E-state index is 11.3. The maximum Gasteiger partial charge on any atom is 0.244 e. The quantitative estimate of drug-likeness (QED) is 0.816. The van der Waals surface area contributed by atoms with Crippen LogP contribution in [0.25, 0.3) is 0 Å². The van der Waals surface area contributed by atoms with Crippen LogP contribution in [0.5, 0.6) is 0 Å². The molecule has 0 radical (unpaired) electrons. The summed E-state index contributed by atoms with van der Waals surface area (Å²) in [6, 6.07) is 9.37. The van der Waals surface area contributed by atoms with Gasteiger partial charge < -0.3 is 24.6 Å². The zero-order chi connectivity index (χ0) is 17.2. The summed E-state index contributed by atoms with van der Waals surface area (Å²) in [4.78, 5) is 11.3. The second kappa shape index (κ2) is 7.03. The van der Waals surface area contributed by atoms with Gasteiger partial charge in [-0.3, -0.25) is 4.79 Å². The zero-order valence-electron chi connectivity index (χ0n) is 13.8. The number of carbonyl (C=O) groups is 1. The third-order valence-electron chi connectivity index (χ3n) is 4.08. The molecule has 24 heavy (non-hydrogen) atoms. The molecule has 0 saturated carbocycles. The highest BCUT2D eigenvalue weighted by atomic mass is 16.8. The molecule has 2 N–H and O–H groups in total. The van der Waals surface area contributed by atoms with Crippen LogP contribution in [0, 0.1) is 0 Å². The fraction of sp³-hybridized carbons (Fsp3) is 0.500. The predicted octanol–water partition coefficient (Wildman–Crippen LogP) is 1.14. The van der Waals surface area contributed by atoms with Crippen molar-refractivity contribution in [2.24, 2.45) is 0 Å². The maximum absolute atomic E-state index is 11.3. The van der Waals surface area contributed by atoms with Crippen molar-refractivity contribution in [2.75, 3.05) is 6.61 Å². The van der Waals surface area contributed by atoms with Gasteiger partial charge in [-0.1, -0.05) is 36.4 Å². The van der Waals surface area contributed by atoms with Crippen LogP contribution >= 0.6 is 0 Å². The summed E-state index contributed by atoms with van der Waals surface area (Å²) >= 11 is 0. The van der Waals surface area contributed by atoms with Crippen LogP contribution in [0.2, 0.25) is 0 Å². The first kappa shape index (κ1) is 17.1. The molecule has 4 atom stereocenters. The van der Waals surface area contributed by atoms with Crippen molar-refractivity contribution < 1.29 is 24.1 Å². The minimum atomic E-state index is -0.903. The lowest BCUT2D eigenvalue weighted by molar-refractivity contribution is -0.158. The average Bonchev–Trinajstić information content (AvgIpc) is 3.11. The topological polar surface area (TPSA) is 77.0 Å². The summed E-state index contributed by atoms with van der Waals surface area (Å²) in [6.07, 6.45) is 1.16. The zero-order valence-corrected chi connectivity index (χ0v) is 13.8. The Morgan fingerprint density at radius 1 is 1.29 bits per heavy atom. The van der Waals surface area contributed by atoms with Crippen LogP contribution in [0.15, 0.2) is 42.5 Å². The van der Waals surface area contributed by atoms with E-state index in [1.54, 1.807) is 19.9 Å². The van der Waals surface area contributed by atoms with Crippen molar-refractivity contribution in [3.63, 3.8) is 0 Å². The number of hydrogen-bond donors (Lipinski definition) is 2. The second-order valence-electron chi connectivity index (χ2n) is 6.52. The van der Waals surface area contributed by atoms with Crippen molar-refractivity contribution in [3.8, 4) is 0 Å². The van der Waals surface area contributed by atoms with Crippen molar-refractivity contribution >= 4 is 5.91 Å². The van der Waals surface area contributed by atoms with E-state index in [1.165, 1.54) is 6.08 Å². The third-order valence-corrected chi connectivity index (χ3v) is 4.08. The Kier molecular flexibility index (Phi) is 5.01. The second-order valence-corrected chi connectivity index (χ2v) is 6.52. The Morgan fingerprint density at radius 3 is 2.71 bits per heavy atom. The van der Waals surface area contributed by atoms with Gasteiger partial charge in [0.2, 0.25) is 5.91 Å². The lowest BCUT2D eigenvalue weighted by Crippen LogP contribution is -2.49. The lowest BCUT2D eigenvalue weighted by Gasteiger charge is -2.26. The highest BCUT2D eigenvalue weighted by Crippen LogP contribution is 2.31. The summed E-state index contributed by atoms with van der Waals surface area (Å²) in [5.74, 6) is -1.02. The molecule has 1 fully saturated rings. The van der Waals surface area contributed by atoms with E-state index in [0.29, 0.717) is 13.2 Å². The number of ether oxygens (including phenoxy) is 3. The molecule has 0 aromatic heterocycles. The van der Waals surface area contributed by atoms with E-state index in [2.05, 4.69) is 5.32 Å². The number of nitrogens with one attached hydrogen (secondary N) is 1. The Morgan fingerprint density at radius 2 is 2.04 bits per heavy atom. The molecule has 3 rings (SSSR count). The molecular formula is C18H23NO5. The van der Waals surface area contributed by atoms with Crippen molar-refractivity contribution in [3.05, 3.63) is 48.0 Å². The molecule has 130 valence electrons. The number of benzene rings is 1. The monoisotopic (exact) mass is 333 g/mol. The summed E-state index contributed by atoms with van der Waals surface area (Å²) in [5.41, 5.74) is 1.07. The number of aliphatic hydroxyl groups excluding tert-OH is 1. The van der Waals surface area contributed by atoms with Gasteiger partial charge in [-0.2, -0.15) is 0 Å². The van der Waals surface area contributed by atoms with Gasteiger partial charge in [0, 0.05) is 6.08 Å². The average molecular weight is 333 g/mol. The lowest BCUT2D eigenvalue weighted by atomic mass is 10.0. The molecule has 6 nitrogen and oxygen atoms in total. The summed E-state index contributed by atoms with van der Waals surface area (Å²) in [6.45, 7) is 4.36. The van der Waals surface area contributed by atoms with Crippen LogP contribution in [0.4, 0.5) is 0 Å². The Labute approximate surface area is 141 Å². The predicted molar refractivity (Wildman–Crippen MR) is 87.0 cm³/mol. The third kappa shape index (κ3) is 4.02. The first-order valence-corrected chi connectivity index (χ1v) is 8.09. The largest absolute Gasteiger partial charge is 0.388 e. The van der Waals surface area contributed by atoms with Gasteiger partial charge in [-0.05, 0) is 19.4 Å². The van der Waals surface area contributed by atoms with Crippen LogP contribution in [0.1, 0.15) is 19.4 Å². The normalized spacial score (nSPS) is 29.6. The van der Waals surface area contributed by atoms with E-state index in [-0.39, 0.29) is 5.91 Å². The van der Waals surface area contributed by atoms with Gasteiger partial charge in [-0.25, -0.2) is 0 Å². The van der Waals surface area contributed by atoms with Crippen molar-refractivity contribution in [1.82, 2.24) is 5.32 Å². The highest BCUT2D eigenvalue weighted by Gasteiger charge is 2.47. The molecule has 0 unspecified atom stereocenters. The fourth-order valence-corrected chi connectivity index (χ4v) is 3.00. The molecule has 1 saturated heterocycles. The molecule has 2 heterocycles. The van der Waals surface area contributed by atoms with E-state index in [4.69, 9.17) is 14.2 Å². The van der Waals surface area contributed by atoms with E-state index in [1.807, 2.05) is 30.3 Å². The molecule has 2 aliphatic heterocycles. The standard InChI is InChI=1S/C18H23NO5/c1-18(2)23-14(11-22-10-12-6-4-3-5-7-12)17(24-18)16(21)13-8-9-15(20)19-13/h3-9,13-14,16-17,21H,10-11H2,1-2H3,(H,19,20)/t13-,14+,16+,17-/m1/s1. The van der Waals surface area contributed by atoms with Crippen LogP contribution < -0.4 is 5.32 Å². The molecule has 0 aliphatic carbocycles. The highest BCUT2D eigenvalue weighted by molar-refractivity contribution is 5.90. The first-order chi connectivity index (χ1) is 11.4. The first-order valence-electron chi connectivity index (χ1n) is 8.09. The molecule has 6 heteroatoms. The molecular weight excluding hydrogens is 310 g/mol. The van der Waals surface area contributed by atoms with Gasteiger partial charge in [-0.15, -0.1) is 0 Å². The van der Waals surface area contributed by atoms with Crippen LogP contribution in [-0.2, 0) is 25.6 Å². The van der Waals surface area contributed by atoms with E-state index in [0.717, 1.165) is 5.56 Å². The smallest absolute Gasteiger partial charge is 0.244 e. The molecule has 1 aromatic carbocycles. The van der Waals surface area contributed by atoms with E-state index >= 15 is 0 Å². The SMILES string of the molecule is CC1(C)O[C@@H]([C@@H](O)[C@H]2C=CC(=O)N2)[C@H](COCc2ccccc2)O1. The van der Waals surface area contributed by atoms with Gasteiger partial charge >= 0.3 is 0 Å². The molecule has 1 amide bonds. The van der Waals surface area contributed by atoms with Gasteiger partial charge in [0.15, 0.2) is 5.79 Å². The van der Waals surface area contributed by atoms with Crippen molar-refractivity contribution in [1.29, 1.82) is 0 Å².